The molecule has 1 fully saturated rings. The van der Waals surface area contributed by atoms with Crippen molar-refractivity contribution in [2.24, 2.45) is 5.92 Å². The number of amides is 2. The van der Waals surface area contributed by atoms with Gasteiger partial charge in [0.2, 0.25) is 5.91 Å². The Balaban J connectivity index is 1.33. The number of carbonyl (C=O) groups is 2. The maximum absolute atomic E-state index is 13.9. The summed E-state index contributed by atoms with van der Waals surface area (Å²) in [6.07, 6.45) is 5.56. The summed E-state index contributed by atoms with van der Waals surface area (Å²) in [5.74, 6) is 2.27. The van der Waals surface area contributed by atoms with Crippen molar-refractivity contribution in [3.63, 3.8) is 0 Å². The predicted octanol–water partition coefficient (Wildman–Crippen LogP) is 7.73. The number of benzene rings is 2. The van der Waals surface area contributed by atoms with E-state index in [1.165, 1.54) is 0 Å². The van der Waals surface area contributed by atoms with Gasteiger partial charge in [-0.1, -0.05) is 23.7 Å². The molecular weight excluding hydrogens is 616 g/mol. The number of hydrogen-bond acceptors (Lipinski definition) is 7. The number of nitrogens with one attached hydrogen (secondary N) is 1. The maximum atomic E-state index is 13.9. The number of hydrogen-bond donors (Lipinski definition) is 1. The number of halogens is 1. The summed E-state index contributed by atoms with van der Waals surface area (Å²) in [6, 6.07) is 15.2. The van der Waals surface area contributed by atoms with E-state index in [0.717, 1.165) is 54.6 Å². The molecule has 1 unspecified atom stereocenters. The van der Waals surface area contributed by atoms with Crippen molar-refractivity contribution in [2.45, 2.75) is 90.5 Å². The molecule has 0 radical (unpaired) electrons. The molecule has 3 aromatic rings. The Morgan fingerprint density at radius 3 is 2.36 bits per heavy atom. The second kappa shape index (κ2) is 14.4. The fraction of sp³-hybridized carbons (Fsp3) is 0.486. The van der Waals surface area contributed by atoms with Crippen LogP contribution >= 0.6 is 11.6 Å². The van der Waals surface area contributed by atoms with Crippen LogP contribution in [0.5, 0.6) is 11.5 Å². The molecule has 5 rings (SSSR count). The summed E-state index contributed by atoms with van der Waals surface area (Å²) in [4.78, 5) is 34.9. The lowest BCUT2D eigenvalue weighted by molar-refractivity contribution is -0.118. The zero-order chi connectivity index (χ0) is 33.9. The van der Waals surface area contributed by atoms with Crippen LogP contribution in [0.2, 0.25) is 5.02 Å². The number of ether oxygens (including phenoxy) is 3. The molecule has 1 aromatic heterocycles. The topological polar surface area (TPSA) is 93.2 Å². The smallest absolute Gasteiger partial charge is 0.407 e. The first kappa shape index (κ1) is 34.4. The number of alkyl carbamates (subject to hydrolysis) is 1. The van der Waals surface area contributed by atoms with E-state index in [0.29, 0.717) is 28.3 Å². The predicted molar refractivity (Wildman–Crippen MR) is 186 cm³/mol. The third kappa shape index (κ3) is 8.49. The number of nitrogens with zero attached hydrogens (tertiary/aromatic N) is 3. The lowest BCUT2D eigenvalue weighted by Gasteiger charge is -2.37. The minimum atomic E-state index is -0.504. The maximum Gasteiger partial charge on any atom is 0.407 e. The third-order valence-corrected chi connectivity index (χ3v) is 8.91. The third-order valence-electron chi connectivity index (χ3n) is 8.66. The first-order chi connectivity index (χ1) is 22.3. The summed E-state index contributed by atoms with van der Waals surface area (Å²) in [6.45, 7) is 10.4. The molecule has 0 spiro atoms. The lowest BCUT2D eigenvalue weighted by Crippen LogP contribution is -2.42. The summed E-state index contributed by atoms with van der Waals surface area (Å²) < 4.78 is 17.2. The van der Waals surface area contributed by atoms with Crippen molar-refractivity contribution < 1.29 is 23.8 Å². The minimum Gasteiger partial charge on any atom is -0.493 e. The fourth-order valence-electron chi connectivity index (χ4n) is 6.50. The van der Waals surface area contributed by atoms with Crippen LogP contribution in [0, 0.1) is 5.92 Å². The molecule has 252 valence electrons. The highest BCUT2D eigenvalue weighted by Crippen LogP contribution is 2.43. The van der Waals surface area contributed by atoms with Crippen molar-refractivity contribution in [1.82, 2.24) is 10.3 Å². The van der Waals surface area contributed by atoms with Crippen LogP contribution < -0.4 is 24.6 Å². The van der Waals surface area contributed by atoms with Crippen molar-refractivity contribution in [3.8, 4) is 11.5 Å². The number of fused-ring (bicyclic) bond motifs is 1. The van der Waals surface area contributed by atoms with Crippen LogP contribution in [0.4, 0.5) is 16.3 Å². The number of carbonyl (C=O) groups excluding carboxylic acids is 2. The Bertz CT molecular complexity index is 1550. The molecule has 0 saturated heterocycles. The summed E-state index contributed by atoms with van der Waals surface area (Å²) >= 11 is 6.26. The van der Waals surface area contributed by atoms with Gasteiger partial charge in [-0.15, -0.1) is 0 Å². The zero-order valence-corrected chi connectivity index (χ0v) is 29.3. The number of anilines is 2. The van der Waals surface area contributed by atoms with Crippen molar-refractivity contribution in [1.29, 1.82) is 0 Å². The minimum absolute atomic E-state index is 0.0487. The largest absolute Gasteiger partial charge is 0.493 e. The second-order valence-corrected chi connectivity index (χ2v) is 14.3. The molecule has 1 N–H and O–H groups in total. The van der Waals surface area contributed by atoms with E-state index in [-0.39, 0.29) is 30.6 Å². The molecule has 2 heterocycles. The van der Waals surface area contributed by atoms with Crippen LogP contribution in [-0.2, 0) is 16.0 Å². The van der Waals surface area contributed by atoms with Gasteiger partial charge >= 0.3 is 6.09 Å². The Labute approximate surface area is 283 Å². The summed E-state index contributed by atoms with van der Waals surface area (Å²) in [7, 11) is 3.68. The highest BCUT2D eigenvalue weighted by molar-refractivity contribution is 6.30. The highest BCUT2D eigenvalue weighted by atomic mass is 35.5. The molecule has 1 saturated carbocycles. The van der Waals surface area contributed by atoms with Gasteiger partial charge in [-0.3, -0.25) is 9.69 Å². The quantitative estimate of drug-likeness (QED) is 0.251. The van der Waals surface area contributed by atoms with Gasteiger partial charge in [-0.2, -0.15) is 0 Å². The van der Waals surface area contributed by atoms with Crippen LogP contribution in [-0.4, -0.2) is 55.4 Å². The molecule has 2 aromatic carbocycles. The van der Waals surface area contributed by atoms with Gasteiger partial charge < -0.3 is 24.4 Å². The zero-order valence-electron chi connectivity index (χ0n) is 28.5. The van der Waals surface area contributed by atoms with E-state index in [2.05, 4.69) is 17.3 Å². The molecule has 0 bridgehead atoms. The SMILES string of the molecule is COc1cc2c(cc1OC(C)C)C(c1ccc(Cl)cc1)N(c1ccc(N(C)CC3CCC(NC(=O)OC(C)(C)C)CC3)cn1)C(=O)C2. The van der Waals surface area contributed by atoms with Gasteiger partial charge in [0, 0.05) is 24.7 Å². The van der Waals surface area contributed by atoms with Gasteiger partial charge in [-0.05, 0) is 119 Å². The van der Waals surface area contributed by atoms with E-state index in [1.54, 1.807) is 12.0 Å². The van der Waals surface area contributed by atoms with Crippen molar-refractivity contribution in [3.05, 3.63) is 76.4 Å². The van der Waals surface area contributed by atoms with E-state index in [1.807, 2.05) is 89.3 Å². The number of rotatable bonds is 9. The van der Waals surface area contributed by atoms with E-state index in [9.17, 15) is 9.59 Å². The van der Waals surface area contributed by atoms with E-state index < -0.39 is 11.6 Å². The van der Waals surface area contributed by atoms with Crippen molar-refractivity contribution >= 4 is 35.1 Å². The van der Waals surface area contributed by atoms with Crippen molar-refractivity contribution in [2.75, 3.05) is 30.5 Å². The molecule has 1 aliphatic heterocycles. The van der Waals surface area contributed by atoms with Gasteiger partial charge in [-0.25, -0.2) is 9.78 Å². The highest BCUT2D eigenvalue weighted by Gasteiger charge is 2.37. The number of pyridine rings is 1. The number of aromatic nitrogens is 1. The fourth-order valence-corrected chi connectivity index (χ4v) is 6.62. The molecule has 10 heteroatoms. The van der Waals surface area contributed by atoms with Crippen LogP contribution in [0.15, 0.2) is 54.7 Å². The monoisotopic (exact) mass is 662 g/mol. The first-order valence-corrected chi connectivity index (χ1v) is 16.8. The molecule has 9 nitrogen and oxygen atoms in total. The average molecular weight is 663 g/mol. The standard InChI is InChI=1S/C37H47ClN4O5/c1-23(2)46-32-20-30-26(18-31(32)45-7)19-34(43)42(35(30)25-10-12-27(38)13-11-25)33-17-16-29(21-39-33)41(6)22-24-8-14-28(15-9-24)40-36(44)47-37(3,4)5/h10-13,16-18,20-21,23-24,28,35H,8-9,14-15,19,22H2,1-7H3,(H,40,44). The van der Waals surface area contributed by atoms with Gasteiger partial charge in [0.15, 0.2) is 11.5 Å². The van der Waals surface area contributed by atoms with Gasteiger partial charge in [0.1, 0.15) is 11.4 Å². The summed E-state index contributed by atoms with van der Waals surface area (Å²) in [5.41, 5.74) is 3.25. The normalized spacial score (nSPS) is 19.6. The second-order valence-electron chi connectivity index (χ2n) is 13.9. The molecule has 47 heavy (non-hydrogen) atoms. The Kier molecular flexibility index (Phi) is 10.5. The van der Waals surface area contributed by atoms with Crippen LogP contribution in [0.1, 0.15) is 83.0 Å². The Morgan fingerprint density at radius 2 is 1.77 bits per heavy atom. The average Bonchev–Trinajstić information content (AvgIpc) is 3.00. The van der Waals surface area contributed by atoms with Crippen LogP contribution in [0.25, 0.3) is 0 Å². The Hall–Kier alpha value is -3.98. The Morgan fingerprint density at radius 1 is 1.06 bits per heavy atom. The van der Waals surface area contributed by atoms with E-state index in [4.69, 9.17) is 30.8 Å². The van der Waals surface area contributed by atoms with Gasteiger partial charge in [0.25, 0.3) is 0 Å². The van der Waals surface area contributed by atoms with Gasteiger partial charge in [0.05, 0.1) is 37.6 Å². The molecule has 2 amide bonds. The number of methoxy groups -OCH3 is 1. The summed E-state index contributed by atoms with van der Waals surface area (Å²) in [5, 5.41) is 3.65. The molecule has 2 aliphatic rings. The molecule has 1 atom stereocenters. The first-order valence-electron chi connectivity index (χ1n) is 16.4. The van der Waals surface area contributed by atoms with E-state index >= 15 is 0 Å². The molecular formula is C37H47ClN4O5. The lowest BCUT2D eigenvalue weighted by atomic mass is 9.85. The van der Waals surface area contributed by atoms with Crippen LogP contribution in [0.3, 0.4) is 0 Å². The molecule has 1 aliphatic carbocycles.